The largest absolute Gasteiger partial charge is 2.00 e. The van der Waals surface area contributed by atoms with Crippen LogP contribution in [0.15, 0.2) is 121 Å². The zero-order chi connectivity index (χ0) is 19.7. The third-order valence-corrected chi connectivity index (χ3v) is 10.2. The Hall–Kier alpha value is -1.60. The summed E-state index contributed by atoms with van der Waals surface area (Å²) in [6, 6.07) is 44.3. The molecule has 0 saturated carbocycles. The zero-order valence-electron chi connectivity index (χ0n) is 18.9. The van der Waals surface area contributed by atoms with Crippen LogP contribution in [0.1, 0.15) is 6.42 Å². The molecule has 0 N–H and O–H groups in total. The van der Waals surface area contributed by atoms with Gasteiger partial charge in [0.2, 0.25) is 0 Å². The molecular formula is C29H32P2Pd. The summed E-state index contributed by atoms with van der Waals surface area (Å²) in [7, 11) is -0.618. The molecule has 0 saturated heterocycles. The Bertz CT molecular complexity index is 815. The maximum absolute atomic E-state index is 2.30. The van der Waals surface area contributed by atoms with E-state index in [4.69, 9.17) is 0 Å². The monoisotopic (exact) mass is 548 g/mol. The van der Waals surface area contributed by atoms with Crippen LogP contribution in [-0.4, -0.2) is 12.3 Å². The van der Waals surface area contributed by atoms with Crippen LogP contribution in [-0.2, 0) is 20.4 Å². The molecule has 0 amide bonds. The maximum atomic E-state index is 2.30. The molecule has 4 aromatic rings. The van der Waals surface area contributed by atoms with Crippen molar-refractivity contribution in [3.8, 4) is 0 Å². The summed E-state index contributed by atoms with van der Waals surface area (Å²) in [4.78, 5) is 0. The second-order valence-corrected chi connectivity index (χ2v) is 11.7. The molecular weight excluding hydrogens is 517 g/mol. The molecule has 0 aliphatic rings. The quantitative estimate of drug-likeness (QED) is 0.133. The average Bonchev–Trinajstić information content (AvgIpc) is 2.81. The Morgan fingerprint density at radius 3 is 0.812 bits per heavy atom. The average molecular weight is 549 g/mol. The van der Waals surface area contributed by atoms with Gasteiger partial charge in [-0.05, 0) is 55.8 Å². The Kier molecular flexibility index (Phi) is 13.6. The van der Waals surface area contributed by atoms with E-state index in [-0.39, 0.29) is 51.1 Å². The molecule has 0 heterocycles. The van der Waals surface area contributed by atoms with Gasteiger partial charge in [-0.2, -0.15) is 0 Å². The predicted octanol–water partition coefficient (Wildman–Crippen LogP) is 6.54. The smallest absolute Gasteiger partial charge is 0.358 e. The predicted molar refractivity (Wildman–Crippen MR) is 145 cm³/mol. The summed E-state index contributed by atoms with van der Waals surface area (Å²) in [5.74, 6) is 0. The van der Waals surface area contributed by atoms with Gasteiger partial charge in [0.25, 0.3) is 0 Å². The van der Waals surface area contributed by atoms with Crippen LogP contribution in [0.3, 0.4) is 0 Å². The van der Waals surface area contributed by atoms with Gasteiger partial charge >= 0.3 is 20.4 Å². The van der Waals surface area contributed by atoms with Crippen LogP contribution in [0.25, 0.3) is 0 Å². The van der Waals surface area contributed by atoms with E-state index in [0.29, 0.717) is 0 Å². The van der Waals surface area contributed by atoms with Gasteiger partial charge in [0, 0.05) is 0 Å². The van der Waals surface area contributed by atoms with Gasteiger partial charge in [0.05, 0.1) is 0 Å². The van der Waals surface area contributed by atoms with Crippen molar-refractivity contribution < 1.29 is 20.4 Å². The summed E-state index contributed by atoms with van der Waals surface area (Å²) in [5, 5.41) is 5.94. The molecule has 32 heavy (non-hydrogen) atoms. The van der Waals surface area contributed by atoms with E-state index < -0.39 is 0 Å². The summed E-state index contributed by atoms with van der Waals surface area (Å²) < 4.78 is 0. The van der Waals surface area contributed by atoms with E-state index >= 15 is 0 Å². The number of rotatable bonds is 8. The van der Waals surface area contributed by atoms with E-state index in [1.807, 2.05) is 0 Å². The maximum Gasteiger partial charge on any atom is 2.00 e. The summed E-state index contributed by atoms with van der Waals surface area (Å²) in [6.45, 7) is 0. The van der Waals surface area contributed by atoms with Crippen LogP contribution in [0, 0.1) is 14.9 Å². The first-order valence-electron chi connectivity index (χ1n) is 10.2. The molecule has 0 aliphatic carbocycles. The fourth-order valence-corrected chi connectivity index (χ4v) is 8.59. The van der Waals surface area contributed by atoms with E-state index in [0.717, 1.165) is 0 Å². The molecule has 0 aliphatic heterocycles. The minimum atomic E-state index is -0.309. The molecule has 0 aromatic heterocycles. The summed E-state index contributed by atoms with van der Waals surface area (Å²) >= 11 is 0. The van der Waals surface area contributed by atoms with Crippen LogP contribution in [0.5, 0.6) is 0 Å². The first kappa shape index (κ1) is 28.4. The molecule has 0 spiro atoms. The Labute approximate surface area is 211 Å². The van der Waals surface area contributed by atoms with Crippen LogP contribution >= 0.6 is 15.8 Å². The van der Waals surface area contributed by atoms with Gasteiger partial charge in [-0.15, -0.1) is 0 Å². The normalized spacial score (nSPS) is 10.1. The van der Waals surface area contributed by atoms with Crippen molar-refractivity contribution in [1.29, 1.82) is 0 Å². The fourth-order valence-electron chi connectivity index (χ4n) is 3.63. The first-order valence-corrected chi connectivity index (χ1v) is 13.2. The first-order chi connectivity index (χ1) is 14.4. The van der Waals surface area contributed by atoms with Crippen LogP contribution in [0.4, 0.5) is 0 Å². The van der Waals surface area contributed by atoms with Crippen molar-refractivity contribution in [2.75, 3.05) is 12.3 Å². The number of hydrogen-bond acceptors (Lipinski definition) is 0. The van der Waals surface area contributed by atoms with Crippen molar-refractivity contribution in [3.63, 3.8) is 0 Å². The molecule has 168 valence electrons. The van der Waals surface area contributed by atoms with Crippen molar-refractivity contribution in [3.05, 3.63) is 136 Å². The molecule has 3 heteroatoms. The van der Waals surface area contributed by atoms with E-state index in [1.165, 1.54) is 40.0 Å². The third-order valence-electron chi connectivity index (χ3n) is 5.03. The summed E-state index contributed by atoms with van der Waals surface area (Å²) in [6.07, 6.45) is 3.72. The standard InChI is InChI=1S/C27H26P2.2CH3.Pd/c1-5-14-24(15-6-1)28(25-16-7-2-8-17-25)22-13-23-29(26-18-9-3-10-19-26)27-20-11-4-12-21-27;;;/h1-12,14-21H,13,22-23H2;2*1H3;/q;2*-1;+2. The molecule has 0 unspecified atom stereocenters. The van der Waals surface area contributed by atoms with Gasteiger partial charge in [-0.3, -0.25) is 0 Å². The molecule has 0 nitrogen and oxygen atoms in total. The molecule has 0 fully saturated rings. The van der Waals surface area contributed by atoms with Crippen molar-refractivity contribution in [2.24, 2.45) is 0 Å². The van der Waals surface area contributed by atoms with Gasteiger partial charge in [0.1, 0.15) is 0 Å². The van der Waals surface area contributed by atoms with Gasteiger partial charge in [0.15, 0.2) is 0 Å². The van der Waals surface area contributed by atoms with Crippen LogP contribution in [0.2, 0.25) is 0 Å². The Morgan fingerprint density at radius 1 is 0.375 bits per heavy atom. The molecule has 4 rings (SSSR count). The minimum Gasteiger partial charge on any atom is -0.358 e. The SMILES string of the molecule is [CH3-].[CH3-].[Pd+2].c1ccc(P(CCCP(c2ccccc2)c2ccccc2)c2ccccc2)cc1. The van der Waals surface area contributed by atoms with Crippen molar-refractivity contribution in [1.82, 2.24) is 0 Å². The Morgan fingerprint density at radius 2 is 0.594 bits per heavy atom. The van der Waals surface area contributed by atoms with E-state index in [2.05, 4.69) is 121 Å². The van der Waals surface area contributed by atoms with Crippen molar-refractivity contribution in [2.45, 2.75) is 6.42 Å². The minimum absolute atomic E-state index is 0. The number of hydrogen-bond donors (Lipinski definition) is 0. The second-order valence-electron chi connectivity index (χ2n) is 7.00. The van der Waals surface area contributed by atoms with Crippen LogP contribution < -0.4 is 21.2 Å². The van der Waals surface area contributed by atoms with E-state index in [1.54, 1.807) is 0 Å². The fraction of sp³-hybridized carbons (Fsp3) is 0.103. The zero-order valence-corrected chi connectivity index (χ0v) is 22.2. The molecule has 4 aromatic carbocycles. The topological polar surface area (TPSA) is 0 Å². The molecule has 0 atom stereocenters. The Balaban J connectivity index is 0.00000171. The molecule has 0 radical (unpaired) electrons. The van der Waals surface area contributed by atoms with Gasteiger partial charge < -0.3 is 14.9 Å². The van der Waals surface area contributed by atoms with Gasteiger partial charge in [-0.25, -0.2) is 0 Å². The third kappa shape index (κ3) is 7.77. The molecule has 0 bridgehead atoms. The summed E-state index contributed by atoms with van der Waals surface area (Å²) in [5.41, 5.74) is 0. The van der Waals surface area contributed by atoms with Crippen molar-refractivity contribution >= 4 is 37.1 Å². The van der Waals surface area contributed by atoms with Gasteiger partial charge in [-0.1, -0.05) is 121 Å². The number of benzene rings is 4. The second kappa shape index (κ2) is 15.3. The van der Waals surface area contributed by atoms with E-state index in [9.17, 15) is 0 Å².